The zero-order valence-electron chi connectivity index (χ0n) is 9.68. The fourth-order valence-corrected chi connectivity index (χ4v) is 1.57. The van der Waals surface area contributed by atoms with Gasteiger partial charge in [0.15, 0.2) is 6.29 Å². The SMILES string of the molecule is Cc1ccccc1CNc1ccc(C=O)cn1. The highest BCUT2D eigenvalue weighted by Gasteiger charge is 1.98. The third kappa shape index (κ3) is 2.91. The quantitative estimate of drug-likeness (QED) is 0.815. The summed E-state index contributed by atoms with van der Waals surface area (Å²) >= 11 is 0. The second-order valence-corrected chi connectivity index (χ2v) is 3.87. The van der Waals surface area contributed by atoms with E-state index in [-0.39, 0.29) is 0 Å². The second kappa shape index (κ2) is 5.25. The van der Waals surface area contributed by atoms with Gasteiger partial charge in [-0.3, -0.25) is 4.79 Å². The molecular weight excluding hydrogens is 212 g/mol. The predicted octanol–water partition coefficient (Wildman–Crippen LogP) is 2.81. The molecule has 2 aromatic rings. The molecule has 17 heavy (non-hydrogen) atoms. The molecule has 0 aliphatic rings. The molecule has 0 saturated carbocycles. The number of benzene rings is 1. The normalized spacial score (nSPS) is 9.94. The number of pyridine rings is 1. The average molecular weight is 226 g/mol. The van der Waals surface area contributed by atoms with Gasteiger partial charge >= 0.3 is 0 Å². The molecule has 1 N–H and O–H groups in total. The molecule has 3 heteroatoms. The van der Waals surface area contributed by atoms with Crippen molar-refractivity contribution in [1.29, 1.82) is 0 Å². The number of nitrogens with one attached hydrogen (secondary N) is 1. The first kappa shape index (κ1) is 11.3. The van der Waals surface area contributed by atoms with Gasteiger partial charge in [0.2, 0.25) is 0 Å². The Kier molecular flexibility index (Phi) is 3.50. The van der Waals surface area contributed by atoms with Crippen molar-refractivity contribution in [1.82, 2.24) is 4.98 Å². The lowest BCUT2D eigenvalue weighted by molar-refractivity contribution is 0.112. The molecule has 0 bridgehead atoms. The van der Waals surface area contributed by atoms with Crippen molar-refractivity contribution in [3.8, 4) is 0 Å². The zero-order chi connectivity index (χ0) is 12.1. The van der Waals surface area contributed by atoms with E-state index in [1.165, 1.54) is 11.1 Å². The van der Waals surface area contributed by atoms with Crippen LogP contribution in [0.4, 0.5) is 5.82 Å². The Bertz CT molecular complexity index is 506. The van der Waals surface area contributed by atoms with Crippen LogP contribution in [0.5, 0.6) is 0 Å². The number of rotatable bonds is 4. The van der Waals surface area contributed by atoms with Crippen LogP contribution in [0.2, 0.25) is 0 Å². The number of carbonyl (C=O) groups excluding carboxylic acids is 1. The van der Waals surface area contributed by atoms with E-state index in [0.717, 1.165) is 18.6 Å². The van der Waals surface area contributed by atoms with Gasteiger partial charge in [0.05, 0.1) is 0 Å². The third-order valence-electron chi connectivity index (χ3n) is 2.64. The van der Waals surface area contributed by atoms with E-state index in [4.69, 9.17) is 0 Å². The zero-order valence-corrected chi connectivity index (χ0v) is 9.68. The maximum absolute atomic E-state index is 10.5. The molecule has 0 unspecified atom stereocenters. The van der Waals surface area contributed by atoms with Crippen LogP contribution in [0.1, 0.15) is 21.5 Å². The van der Waals surface area contributed by atoms with Crippen molar-refractivity contribution in [2.45, 2.75) is 13.5 Å². The van der Waals surface area contributed by atoms with E-state index >= 15 is 0 Å². The van der Waals surface area contributed by atoms with E-state index in [1.807, 2.05) is 18.2 Å². The van der Waals surface area contributed by atoms with Crippen molar-refractivity contribution < 1.29 is 4.79 Å². The van der Waals surface area contributed by atoms with Crippen molar-refractivity contribution in [2.75, 3.05) is 5.32 Å². The lowest BCUT2D eigenvalue weighted by Crippen LogP contribution is -2.02. The van der Waals surface area contributed by atoms with Gasteiger partial charge in [-0.05, 0) is 30.2 Å². The minimum absolute atomic E-state index is 0.589. The summed E-state index contributed by atoms with van der Waals surface area (Å²) in [5.41, 5.74) is 3.09. The highest BCUT2D eigenvalue weighted by molar-refractivity contribution is 5.74. The number of aryl methyl sites for hydroxylation is 1. The number of hydrogen-bond acceptors (Lipinski definition) is 3. The molecule has 0 amide bonds. The van der Waals surface area contributed by atoms with E-state index in [9.17, 15) is 4.79 Å². The molecule has 2 rings (SSSR count). The van der Waals surface area contributed by atoms with Crippen molar-refractivity contribution >= 4 is 12.1 Å². The van der Waals surface area contributed by atoms with Crippen LogP contribution in [0.3, 0.4) is 0 Å². The molecule has 0 aliphatic carbocycles. The minimum Gasteiger partial charge on any atom is -0.366 e. The van der Waals surface area contributed by atoms with E-state index in [0.29, 0.717) is 5.56 Å². The summed E-state index contributed by atoms with van der Waals surface area (Å²) in [5.74, 6) is 0.777. The van der Waals surface area contributed by atoms with Gasteiger partial charge in [0, 0.05) is 18.3 Å². The Morgan fingerprint density at radius 3 is 2.71 bits per heavy atom. The Morgan fingerprint density at radius 1 is 1.24 bits per heavy atom. The molecule has 0 saturated heterocycles. The second-order valence-electron chi connectivity index (χ2n) is 3.87. The monoisotopic (exact) mass is 226 g/mol. The highest BCUT2D eigenvalue weighted by Crippen LogP contribution is 2.10. The maximum Gasteiger partial charge on any atom is 0.151 e. The molecule has 0 radical (unpaired) electrons. The predicted molar refractivity (Wildman–Crippen MR) is 68.1 cm³/mol. The molecule has 3 nitrogen and oxygen atoms in total. The Balaban J connectivity index is 2.02. The van der Waals surface area contributed by atoms with Crippen molar-refractivity contribution in [2.24, 2.45) is 0 Å². The standard InChI is InChI=1S/C14H14N2O/c1-11-4-2-3-5-13(11)9-16-14-7-6-12(10-17)8-15-14/h2-8,10H,9H2,1H3,(H,15,16). The van der Waals surface area contributed by atoms with Crippen LogP contribution >= 0.6 is 0 Å². The minimum atomic E-state index is 0.589. The molecule has 0 spiro atoms. The Hall–Kier alpha value is -2.16. The number of nitrogens with zero attached hydrogens (tertiary/aromatic N) is 1. The smallest absolute Gasteiger partial charge is 0.151 e. The summed E-state index contributed by atoms with van der Waals surface area (Å²) in [6.07, 6.45) is 2.35. The fraction of sp³-hybridized carbons (Fsp3) is 0.143. The van der Waals surface area contributed by atoms with Gasteiger partial charge in [-0.2, -0.15) is 0 Å². The van der Waals surface area contributed by atoms with Crippen LogP contribution in [0.15, 0.2) is 42.6 Å². The number of hydrogen-bond donors (Lipinski definition) is 1. The van der Waals surface area contributed by atoms with Crippen LogP contribution in [-0.4, -0.2) is 11.3 Å². The fourth-order valence-electron chi connectivity index (χ4n) is 1.57. The maximum atomic E-state index is 10.5. The highest BCUT2D eigenvalue weighted by atomic mass is 16.1. The number of aromatic nitrogens is 1. The molecular formula is C14H14N2O. The van der Waals surface area contributed by atoms with E-state index in [2.05, 4.69) is 29.4 Å². The summed E-state index contributed by atoms with van der Waals surface area (Å²) in [5, 5.41) is 3.23. The van der Waals surface area contributed by atoms with Crippen LogP contribution in [0.25, 0.3) is 0 Å². The molecule has 1 aromatic heterocycles. The Labute approximate surface area is 101 Å². The van der Waals surface area contributed by atoms with Gasteiger partial charge in [-0.1, -0.05) is 24.3 Å². The summed E-state index contributed by atoms with van der Waals surface area (Å²) < 4.78 is 0. The summed E-state index contributed by atoms with van der Waals surface area (Å²) in [6, 6.07) is 11.8. The summed E-state index contributed by atoms with van der Waals surface area (Å²) in [6.45, 7) is 2.82. The first-order chi connectivity index (χ1) is 8.29. The number of anilines is 1. The van der Waals surface area contributed by atoms with Gasteiger partial charge < -0.3 is 5.32 Å². The molecule has 0 fully saturated rings. The first-order valence-corrected chi connectivity index (χ1v) is 5.49. The topological polar surface area (TPSA) is 42.0 Å². The third-order valence-corrected chi connectivity index (χ3v) is 2.64. The average Bonchev–Trinajstić information content (AvgIpc) is 2.38. The molecule has 0 atom stereocenters. The van der Waals surface area contributed by atoms with Crippen molar-refractivity contribution in [3.05, 3.63) is 59.3 Å². The summed E-state index contributed by atoms with van der Waals surface area (Å²) in [4.78, 5) is 14.6. The van der Waals surface area contributed by atoms with Crippen LogP contribution in [-0.2, 0) is 6.54 Å². The van der Waals surface area contributed by atoms with Gasteiger partial charge in [-0.15, -0.1) is 0 Å². The van der Waals surface area contributed by atoms with Gasteiger partial charge in [0.25, 0.3) is 0 Å². The number of aldehydes is 1. The molecule has 0 aliphatic heterocycles. The van der Waals surface area contributed by atoms with Gasteiger partial charge in [0.1, 0.15) is 5.82 Å². The van der Waals surface area contributed by atoms with Gasteiger partial charge in [-0.25, -0.2) is 4.98 Å². The molecule has 1 heterocycles. The molecule has 86 valence electrons. The largest absolute Gasteiger partial charge is 0.366 e. The van der Waals surface area contributed by atoms with Crippen LogP contribution < -0.4 is 5.32 Å². The van der Waals surface area contributed by atoms with Crippen molar-refractivity contribution in [3.63, 3.8) is 0 Å². The van der Waals surface area contributed by atoms with Crippen LogP contribution in [0, 0.1) is 6.92 Å². The lowest BCUT2D eigenvalue weighted by Gasteiger charge is -2.07. The number of carbonyl (C=O) groups is 1. The summed E-state index contributed by atoms with van der Waals surface area (Å²) in [7, 11) is 0. The van der Waals surface area contributed by atoms with E-state index in [1.54, 1.807) is 12.3 Å². The lowest BCUT2D eigenvalue weighted by atomic mass is 10.1. The first-order valence-electron chi connectivity index (χ1n) is 5.49. The Morgan fingerprint density at radius 2 is 2.06 bits per heavy atom. The van der Waals surface area contributed by atoms with E-state index < -0.39 is 0 Å². The molecule has 1 aromatic carbocycles.